The summed E-state index contributed by atoms with van der Waals surface area (Å²) in [6, 6.07) is 83.4. The fourth-order valence-electron chi connectivity index (χ4n) is 9.32. The predicted octanol–water partition coefficient (Wildman–Crippen LogP) is 17.3. The van der Waals surface area contributed by atoms with Crippen LogP contribution < -0.4 is 0 Å². The van der Waals surface area contributed by atoms with Gasteiger partial charge in [-0.05, 0) is 105 Å². The Kier molecular flexibility index (Phi) is 10.8. The van der Waals surface area contributed by atoms with Crippen molar-refractivity contribution in [2.75, 3.05) is 0 Å². The van der Waals surface area contributed by atoms with Gasteiger partial charge in [-0.2, -0.15) is 0 Å². The molecule has 12 aromatic rings. The number of aromatic nitrogens is 1. The maximum atomic E-state index is 2.50. The highest BCUT2D eigenvalue weighted by Crippen LogP contribution is 2.46. The van der Waals surface area contributed by atoms with Gasteiger partial charge in [0.1, 0.15) is 0 Å². The SMILES string of the molecule is CCc1ccccc1.Cc1ccc(-c2c3ccccc3c(-c3ccc4c(c3)c3ccccc3n4-c3c4ccccc4cc4ccccc34)c3ccccc23)cc1.Cc1ccccc1. The normalized spacial score (nSPS) is 11.2. The molecule has 0 fully saturated rings. The molecular formula is C62H49N. The largest absolute Gasteiger partial charge is 0.308 e. The molecule has 0 aliphatic heterocycles. The van der Waals surface area contributed by atoms with E-state index in [-0.39, 0.29) is 0 Å². The topological polar surface area (TPSA) is 4.93 Å². The Bertz CT molecular complexity index is 3430. The Balaban J connectivity index is 0.000000266. The van der Waals surface area contributed by atoms with Crippen molar-refractivity contribution in [3.05, 3.63) is 247 Å². The minimum atomic E-state index is 1.14. The summed E-state index contributed by atoms with van der Waals surface area (Å²) in [4.78, 5) is 0. The van der Waals surface area contributed by atoms with Crippen LogP contribution in [0, 0.1) is 13.8 Å². The van der Waals surface area contributed by atoms with Crippen molar-refractivity contribution in [2.45, 2.75) is 27.2 Å². The number of hydrogen-bond donors (Lipinski definition) is 0. The molecule has 0 amide bonds. The van der Waals surface area contributed by atoms with Crippen molar-refractivity contribution < 1.29 is 0 Å². The van der Waals surface area contributed by atoms with E-state index in [9.17, 15) is 0 Å². The van der Waals surface area contributed by atoms with E-state index in [0.717, 1.165) is 6.42 Å². The molecule has 0 saturated heterocycles. The highest BCUT2D eigenvalue weighted by molar-refractivity contribution is 6.23. The molecule has 0 atom stereocenters. The van der Waals surface area contributed by atoms with Gasteiger partial charge < -0.3 is 4.57 Å². The number of fused-ring (bicyclic) bond motifs is 7. The van der Waals surface area contributed by atoms with Gasteiger partial charge in [0.2, 0.25) is 0 Å². The zero-order valence-electron chi connectivity index (χ0n) is 36.1. The smallest absolute Gasteiger partial charge is 0.0618 e. The fraction of sp³-hybridized carbons (Fsp3) is 0.0645. The first-order valence-electron chi connectivity index (χ1n) is 22.1. The molecule has 1 aromatic heterocycles. The minimum Gasteiger partial charge on any atom is -0.308 e. The van der Waals surface area contributed by atoms with E-state index in [1.165, 1.54) is 110 Å². The first-order chi connectivity index (χ1) is 31.1. The Labute approximate surface area is 370 Å². The van der Waals surface area contributed by atoms with E-state index in [2.05, 4.69) is 232 Å². The third kappa shape index (κ3) is 7.53. The van der Waals surface area contributed by atoms with Gasteiger partial charge in [-0.15, -0.1) is 0 Å². The van der Waals surface area contributed by atoms with Crippen LogP contribution in [0.5, 0.6) is 0 Å². The average Bonchev–Trinajstić information content (AvgIpc) is 3.67. The van der Waals surface area contributed by atoms with E-state index in [0.29, 0.717) is 0 Å². The van der Waals surface area contributed by atoms with Crippen molar-refractivity contribution in [1.29, 1.82) is 0 Å². The lowest BCUT2D eigenvalue weighted by molar-refractivity contribution is 1.14. The van der Waals surface area contributed by atoms with Crippen LogP contribution >= 0.6 is 0 Å². The van der Waals surface area contributed by atoms with Crippen LogP contribution in [0.25, 0.3) is 92.8 Å². The summed E-state index contributed by atoms with van der Waals surface area (Å²) >= 11 is 0. The van der Waals surface area contributed by atoms with Crippen LogP contribution in [-0.4, -0.2) is 4.57 Å². The molecule has 0 unspecified atom stereocenters. The molecule has 0 saturated carbocycles. The fourth-order valence-corrected chi connectivity index (χ4v) is 9.32. The second-order valence-electron chi connectivity index (χ2n) is 16.5. The van der Waals surface area contributed by atoms with E-state index in [1.54, 1.807) is 0 Å². The quantitative estimate of drug-likeness (QED) is 0.156. The molecule has 0 aliphatic rings. The summed E-state index contributed by atoms with van der Waals surface area (Å²) in [6.45, 7) is 6.40. The van der Waals surface area contributed by atoms with Crippen molar-refractivity contribution in [3.63, 3.8) is 0 Å². The Hall–Kier alpha value is -7.74. The highest BCUT2D eigenvalue weighted by atomic mass is 15.0. The molecule has 0 radical (unpaired) electrons. The van der Waals surface area contributed by atoms with Crippen molar-refractivity contribution >= 4 is 64.9 Å². The van der Waals surface area contributed by atoms with Crippen molar-refractivity contribution in [3.8, 4) is 27.9 Å². The molecule has 0 aliphatic carbocycles. The van der Waals surface area contributed by atoms with E-state index < -0.39 is 0 Å². The number of benzene rings is 11. The molecule has 12 rings (SSSR count). The first-order valence-corrected chi connectivity index (χ1v) is 22.1. The van der Waals surface area contributed by atoms with Gasteiger partial charge in [-0.25, -0.2) is 0 Å². The van der Waals surface area contributed by atoms with Gasteiger partial charge in [-0.1, -0.05) is 224 Å². The first kappa shape index (κ1) is 39.4. The predicted molar refractivity (Wildman–Crippen MR) is 273 cm³/mol. The molecule has 0 N–H and O–H groups in total. The second-order valence-corrected chi connectivity index (χ2v) is 16.5. The summed E-state index contributed by atoms with van der Waals surface area (Å²) in [5, 5.41) is 12.6. The van der Waals surface area contributed by atoms with E-state index in [4.69, 9.17) is 0 Å². The molecular weight excluding hydrogens is 759 g/mol. The molecule has 1 heterocycles. The number of hydrogen-bond acceptors (Lipinski definition) is 0. The van der Waals surface area contributed by atoms with Crippen LogP contribution in [0.1, 0.15) is 23.6 Å². The molecule has 63 heavy (non-hydrogen) atoms. The van der Waals surface area contributed by atoms with Crippen LogP contribution in [0.15, 0.2) is 231 Å². The highest BCUT2D eigenvalue weighted by Gasteiger charge is 2.20. The van der Waals surface area contributed by atoms with Crippen LogP contribution in [0.3, 0.4) is 0 Å². The minimum absolute atomic E-state index is 1.14. The van der Waals surface area contributed by atoms with Gasteiger partial charge >= 0.3 is 0 Å². The van der Waals surface area contributed by atoms with Crippen LogP contribution in [-0.2, 0) is 6.42 Å². The Morgan fingerprint density at radius 2 is 0.730 bits per heavy atom. The molecule has 0 bridgehead atoms. The Morgan fingerprint density at radius 3 is 1.24 bits per heavy atom. The zero-order valence-corrected chi connectivity index (χ0v) is 36.1. The van der Waals surface area contributed by atoms with Gasteiger partial charge in [-0.3, -0.25) is 0 Å². The molecule has 11 aromatic carbocycles. The van der Waals surface area contributed by atoms with Gasteiger partial charge in [0.05, 0.1) is 16.7 Å². The summed E-state index contributed by atoms with van der Waals surface area (Å²) < 4.78 is 2.50. The summed E-state index contributed by atoms with van der Waals surface area (Å²) in [6.07, 6.45) is 1.14. The average molecular weight is 808 g/mol. The van der Waals surface area contributed by atoms with E-state index in [1.807, 2.05) is 24.3 Å². The Morgan fingerprint density at radius 1 is 0.317 bits per heavy atom. The third-order valence-electron chi connectivity index (χ3n) is 12.4. The van der Waals surface area contributed by atoms with Crippen molar-refractivity contribution in [2.24, 2.45) is 0 Å². The van der Waals surface area contributed by atoms with Gasteiger partial charge in [0.25, 0.3) is 0 Å². The van der Waals surface area contributed by atoms with E-state index >= 15 is 0 Å². The summed E-state index contributed by atoms with van der Waals surface area (Å²) in [5.74, 6) is 0. The monoisotopic (exact) mass is 807 g/mol. The number of para-hydroxylation sites is 1. The van der Waals surface area contributed by atoms with Crippen LogP contribution in [0.4, 0.5) is 0 Å². The number of nitrogens with zero attached hydrogens (tertiary/aromatic N) is 1. The maximum Gasteiger partial charge on any atom is 0.0618 e. The molecule has 302 valence electrons. The second kappa shape index (κ2) is 17.3. The van der Waals surface area contributed by atoms with Crippen LogP contribution in [0.2, 0.25) is 0 Å². The summed E-state index contributed by atoms with van der Waals surface area (Å²) in [5.41, 5.74) is 12.7. The van der Waals surface area contributed by atoms with Gasteiger partial charge in [0.15, 0.2) is 0 Å². The zero-order chi connectivity index (χ0) is 42.7. The molecule has 1 nitrogen and oxygen atoms in total. The maximum absolute atomic E-state index is 2.50. The lowest BCUT2D eigenvalue weighted by atomic mass is 9.85. The molecule has 1 heteroatoms. The molecule has 0 spiro atoms. The van der Waals surface area contributed by atoms with Crippen molar-refractivity contribution in [1.82, 2.24) is 4.57 Å². The number of aryl methyl sites for hydroxylation is 3. The summed E-state index contributed by atoms with van der Waals surface area (Å²) in [7, 11) is 0. The third-order valence-corrected chi connectivity index (χ3v) is 12.4. The number of rotatable bonds is 4. The lowest BCUT2D eigenvalue weighted by Gasteiger charge is -2.18. The standard InChI is InChI=1S/C47H31N.C8H10.C7H8/c1-30-22-24-31(25-23-30)45-38-17-6-8-19-40(38)46(41-20-9-7-18-39(41)45)34-26-27-44-42(29-34)37-16-10-11-21-43(37)48(44)47-35-14-4-2-12-32(35)28-33-13-3-5-15-36(33)47;1-2-8-6-4-3-5-7-8;1-7-5-3-2-4-6-7/h2-29H,1H3;3-7H,2H2,1H3;2-6H,1H3. The van der Waals surface area contributed by atoms with Gasteiger partial charge in [0, 0.05) is 21.5 Å². The lowest BCUT2D eigenvalue weighted by Crippen LogP contribution is -1.97.